The van der Waals surface area contributed by atoms with Gasteiger partial charge >= 0.3 is 6.03 Å². The Bertz CT molecular complexity index is 480. The van der Waals surface area contributed by atoms with Crippen molar-refractivity contribution in [1.82, 2.24) is 25.3 Å². The van der Waals surface area contributed by atoms with Gasteiger partial charge in [-0.2, -0.15) is 5.10 Å². The summed E-state index contributed by atoms with van der Waals surface area (Å²) in [5.41, 5.74) is 2.31. The highest BCUT2D eigenvalue weighted by molar-refractivity contribution is 5.74. The summed E-state index contributed by atoms with van der Waals surface area (Å²) in [6.45, 7) is 6.69. The molecule has 0 aliphatic carbocycles. The highest BCUT2D eigenvalue weighted by Gasteiger charge is 2.23. The molecule has 3 rings (SSSR count). The van der Waals surface area contributed by atoms with Crippen LogP contribution in [0.2, 0.25) is 0 Å². The van der Waals surface area contributed by atoms with Crippen LogP contribution in [0.25, 0.3) is 0 Å². The van der Waals surface area contributed by atoms with Crippen LogP contribution in [-0.2, 0) is 13.0 Å². The van der Waals surface area contributed by atoms with Crippen molar-refractivity contribution in [2.24, 2.45) is 0 Å². The number of hydrogen-bond donors (Lipinski definition) is 2. The Balaban J connectivity index is 1.46. The summed E-state index contributed by atoms with van der Waals surface area (Å²) in [5, 5.41) is 10.1. The second kappa shape index (κ2) is 6.47. The Morgan fingerprint density at radius 3 is 3.00 bits per heavy atom. The normalized spacial score (nSPS) is 20.9. The lowest BCUT2D eigenvalue weighted by molar-refractivity contribution is 0.161. The van der Waals surface area contributed by atoms with Crippen LogP contribution in [0.4, 0.5) is 4.79 Å². The van der Waals surface area contributed by atoms with Crippen molar-refractivity contribution in [2.75, 3.05) is 26.2 Å². The molecule has 1 fully saturated rings. The van der Waals surface area contributed by atoms with E-state index in [2.05, 4.69) is 27.3 Å². The number of carbonyl (C=O) groups excluding carboxylic acids is 1. The molecule has 116 valence electrons. The SMILES string of the molecule is C[C@@H](CNC(=O)N1CCc2[nH]ncc2C1)N1CCCCC1. The van der Waals surface area contributed by atoms with Crippen molar-refractivity contribution in [3.05, 3.63) is 17.5 Å². The molecule has 1 atom stereocenters. The molecule has 0 unspecified atom stereocenters. The molecule has 6 nitrogen and oxygen atoms in total. The van der Waals surface area contributed by atoms with Gasteiger partial charge in [-0.1, -0.05) is 6.42 Å². The second-order valence-electron chi connectivity index (χ2n) is 6.18. The monoisotopic (exact) mass is 291 g/mol. The van der Waals surface area contributed by atoms with Gasteiger partial charge in [0.1, 0.15) is 0 Å². The minimum Gasteiger partial charge on any atom is -0.336 e. The van der Waals surface area contributed by atoms with Gasteiger partial charge in [0, 0.05) is 36.8 Å². The number of aromatic nitrogens is 2. The molecule has 0 bridgehead atoms. The minimum absolute atomic E-state index is 0.0470. The first-order chi connectivity index (χ1) is 10.2. The molecule has 2 N–H and O–H groups in total. The van der Waals surface area contributed by atoms with Gasteiger partial charge in [-0.25, -0.2) is 4.79 Å². The number of H-pyrrole nitrogens is 1. The fourth-order valence-electron chi connectivity index (χ4n) is 3.23. The smallest absolute Gasteiger partial charge is 0.317 e. The summed E-state index contributed by atoms with van der Waals surface area (Å²) in [4.78, 5) is 16.6. The number of nitrogens with zero attached hydrogens (tertiary/aromatic N) is 3. The number of hydrogen-bond acceptors (Lipinski definition) is 3. The molecule has 2 aliphatic rings. The van der Waals surface area contributed by atoms with E-state index in [0.29, 0.717) is 12.6 Å². The molecule has 1 aromatic heterocycles. The average Bonchev–Trinajstić information content (AvgIpc) is 3.00. The fraction of sp³-hybridized carbons (Fsp3) is 0.733. The largest absolute Gasteiger partial charge is 0.336 e. The van der Waals surface area contributed by atoms with Crippen LogP contribution in [-0.4, -0.2) is 58.2 Å². The van der Waals surface area contributed by atoms with Crippen molar-refractivity contribution in [1.29, 1.82) is 0 Å². The van der Waals surface area contributed by atoms with E-state index in [4.69, 9.17) is 0 Å². The molecule has 2 amide bonds. The molecule has 0 saturated carbocycles. The Morgan fingerprint density at radius 2 is 2.19 bits per heavy atom. The van der Waals surface area contributed by atoms with E-state index in [9.17, 15) is 4.79 Å². The van der Waals surface area contributed by atoms with E-state index < -0.39 is 0 Å². The second-order valence-corrected chi connectivity index (χ2v) is 6.18. The summed E-state index contributed by atoms with van der Waals surface area (Å²) in [6.07, 6.45) is 6.60. The minimum atomic E-state index is 0.0470. The third kappa shape index (κ3) is 3.37. The summed E-state index contributed by atoms with van der Waals surface area (Å²) < 4.78 is 0. The maximum absolute atomic E-state index is 12.3. The summed E-state index contributed by atoms with van der Waals surface area (Å²) >= 11 is 0. The van der Waals surface area contributed by atoms with Gasteiger partial charge in [-0.15, -0.1) is 0 Å². The van der Waals surface area contributed by atoms with Crippen molar-refractivity contribution >= 4 is 6.03 Å². The van der Waals surface area contributed by atoms with E-state index in [0.717, 1.165) is 25.1 Å². The topological polar surface area (TPSA) is 64.3 Å². The number of aromatic amines is 1. The standard InChI is InChI=1S/C15H25N5O/c1-12(19-6-3-2-4-7-19)9-16-15(21)20-8-5-14-13(11-20)10-17-18-14/h10,12H,2-9,11H2,1H3,(H,16,21)(H,17,18)/t12-/m0/s1. The Hall–Kier alpha value is -1.56. The number of amides is 2. The fourth-order valence-corrected chi connectivity index (χ4v) is 3.23. The molecule has 2 aliphatic heterocycles. The van der Waals surface area contributed by atoms with Gasteiger partial charge in [0.25, 0.3) is 0 Å². The average molecular weight is 291 g/mol. The molecule has 6 heteroatoms. The van der Waals surface area contributed by atoms with Gasteiger partial charge < -0.3 is 10.2 Å². The molecular formula is C15H25N5O. The van der Waals surface area contributed by atoms with E-state index in [1.807, 2.05) is 11.1 Å². The number of likely N-dealkylation sites (tertiary alicyclic amines) is 1. The lowest BCUT2D eigenvalue weighted by Crippen LogP contribution is -2.48. The van der Waals surface area contributed by atoms with Gasteiger partial charge in [0.2, 0.25) is 0 Å². The summed E-state index contributed by atoms with van der Waals surface area (Å²) in [7, 11) is 0. The van der Waals surface area contributed by atoms with Crippen molar-refractivity contribution in [3.8, 4) is 0 Å². The molecular weight excluding hydrogens is 266 g/mol. The van der Waals surface area contributed by atoms with Gasteiger partial charge in [-0.05, 0) is 32.9 Å². The van der Waals surface area contributed by atoms with Crippen molar-refractivity contribution < 1.29 is 4.79 Å². The number of rotatable bonds is 3. The molecule has 0 spiro atoms. The molecule has 0 radical (unpaired) electrons. The molecule has 21 heavy (non-hydrogen) atoms. The van der Waals surface area contributed by atoms with E-state index in [1.54, 1.807) is 0 Å². The summed E-state index contributed by atoms with van der Waals surface area (Å²) in [5.74, 6) is 0. The van der Waals surface area contributed by atoms with Gasteiger partial charge in [0.15, 0.2) is 0 Å². The number of fused-ring (bicyclic) bond motifs is 1. The van der Waals surface area contributed by atoms with Crippen molar-refractivity contribution in [3.63, 3.8) is 0 Å². The predicted octanol–water partition coefficient (Wildman–Crippen LogP) is 1.35. The zero-order chi connectivity index (χ0) is 14.7. The molecule has 3 heterocycles. The summed E-state index contributed by atoms with van der Waals surface area (Å²) in [6, 6.07) is 0.467. The first-order valence-corrected chi connectivity index (χ1v) is 8.02. The first-order valence-electron chi connectivity index (χ1n) is 8.02. The third-order valence-corrected chi connectivity index (χ3v) is 4.65. The van der Waals surface area contributed by atoms with Crippen LogP contribution < -0.4 is 5.32 Å². The Labute approximate surface area is 125 Å². The van der Waals surface area contributed by atoms with Crippen LogP contribution in [0.3, 0.4) is 0 Å². The van der Waals surface area contributed by atoms with E-state index in [-0.39, 0.29) is 6.03 Å². The Morgan fingerprint density at radius 1 is 1.38 bits per heavy atom. The quantitative estimate of drug-likeness (QED) is 0.883. The molecule has 1 aromatic rings. The van der Waals surface area contributed by atoms with E-state index in [1.165, 1.54) is 38.0 Å². The zero-order valence-corrected chi connectivity index (χ0v) is 12.8. The van der Waals surface area contributed by atoms with Crippen LogP contribution in [0.1, 0.15) is 37.4 Å². The van der Waals surface area contributed by atoms with E-state index >= 15 is 0 Å². The third-order valence-electron chi connectivity index (χ3n) is 4.65. The number of urea groups is 1. The number of nitrogens with one attached hydrogen (secondary N) is 2. The van der Waals surface area contributed by atoms with Gasteiger partial charge in [0.05, 0.1) is 12.7 Å². The van der Waals surface area contributed by atoms with Crippen molar-refractivity contribution in [2.45, 2.75) is 45.2 Å². The van der Waals surface area contributed by atoms with Crippen LogP contribution >= 0.6 is 0 Å². The number of carbonyl (C=O) groups is 1. The zero-order valence-electron chi connectivity index (χ0n) is 12.8. The lowest BCUT2D eigenvalue weighted by atomic mass is 10.1. The lowest BCUT2D eigenvalue weighted by Gasteiger charge is -2.33. The highest BCUT2D eigenvalue weighted by Crippen LogP contribution is 2.16. The van der Waals surface area contributed by atoms with Crippen LogP contribution in [0, 0.1) is 0 Å². The maximum Gasteiger partial charge on any atom is 0.317 e. The first kappa shape index (κ1) is 14.4. The molecule has 1 saturated heterocycles. The predicted molar refractivity (Wildman–Crippen MR) is 81.0 cm³/mol. The van der Waals surface area contributed by atoms with Crippen LogP contribution in [0.15, 0.2) is 6.20 Å². The highest BCUT2D eigenvalue weighted by atomic mass is 16.2. The Kier molecular flexibility index (Phi) is 4.43. The number of piperidine rings is 1. The maximum atomic E-state index is 12.3. The molecule has 0 aromatic carbocycles. The van der Waals surface area contributed by atoms with Crippen LogP contribution in [0.5, 0.6) is 0 Å². The van der Waals surface area contributed by atoms with Gasteiger partial charge in [-0.3, -0.25) is 10.00 Å².